The number of phenols is 1. The molecule has 0 aliphatic heterocycles. The van der Waals surface area contributed by atoms with Crippen molar-refractivity contribution in [3.63, 3.8) is 0 Å². The van der Waals surface area contributed by atoms with Crippen LogP contribution < -0.4 is 9.47 Å². The lowest BCUT2D eigenvalue weighted by molar-refractivity contribution is 0.0523. The summed E-state index contributed by atoms with van der Waals surface area (Å²) in [5.41, 5.74) is 0.208. The maximum absolute atomic E-state index is 11.3. The Bertz CT molecular complexity index is 834. The molecule has 0 heterocycles. The second-order valence-corrected chi connectivity index (χ2v) is 5.32. The van der Waals surface area contributed by atoms with E-state index < -0.39 is 12.1 Å². The average molecular weight is 380 g/mol. The molecule has 28 heavy (non-hydrogen) atoms. The van der Waals surface area contributed by atoms with E-state index in [9.17, 15) is 14.7 Å². The van der Waals surface area contributed by atoms with Gasteiger partial charge in [-0.25, -0.2) is 9.59 Å². The van der Waals surface area contributed by atoms with E-state index in [2.05, 4.69) is 0 Å². The lowest BCUT2D eigenvalue weighted by atomic mass is 10.2. The number of hydrogen-bond acceptors (Lipinski definition) is 6. The Morgan fingerprint density at radius 2 is 1.21 bits per heavy atom. The number of ether oxygens (including phenoxy) is 3. The van der Waals surface area contributed by atoms with Gasteiger partial charge in [0.2, 0.25) is 0 Å². The van der Waals surface area contributed by atoms with Crippen LogP contribution in [0.3, 0.4) is 0 Å². The van der Waals surface area contributed by atoms with E-state index in [1.54, 1.807) is 67.6 Å². The lowest BCUT2D eigenvalue weighted by Crippen LogP contribution is -2.13. The highest BCUT2D eigenvalue weighted by atomic mass is 16.7. The number of rotatable bonds is 4. The molecule has 3 aromatic carbocycles. The molecular formula is C22H20O6. The summed E-state index contributed by atoms with van der Waals surface area (Å²) in [6, 6.07) is 23.9. The minimum absolute atomic E-state index is 0.0454. The molecule has 0 bridgehead atoms. The molecule has 144 valence electrons. The van der Waals surface area contributed by atoms with Gasteiger partial charge in [0.25, 0.3) is 0 Å². The molecule has 0 spiro atoms. The maximum Gasteiger partial charge on any atom is 0.519 e. The van der Waals surface area contributed by atoms with Gasteiger partial charge in [0.15, 0.2) is 0 Å². The number of benzene rings is 3. The third kappa shape index (κ3) is 6.84. The Balaban J connectivity index is 0.000000209. The van der Waals surface area contributed by atoms with Gasteiger partial charge >= 0.3 is 12.1 Å². The molecule has 0 atom stereocenters. The summed E-state index contributed by atoms with van der Waals surface area (Å²) < 4.78 is 14.6. The highest BCUT2D eigenvalue weighted by molar-refractivity contribution is 5.92. The fraction of sp³-hybridized carbons (Fsp3) is 0.0909. The number of carbonyl (C=O) groups excluding carboxylic acids is 2. The van der Waals surface area contributed by atoms with Crippen LogP contribution in [0.15, 0.2) is 84.9 Å². The summed E-state index contributed by atoms with van der Waals surface area (Å²) in [6.07, 6.45) is -0.739. The zero-order valence-electron chi connectivity index (χ0n) is 15.3. The maximum atomic E-state index is 11.3. The topological polar surface area (TPSA) is 82.1 Å². The monoisotopic (exact) mass is 380 g/mol. The second kappa shape index (κ2) is 11.0. The molecule has 0 unspecified atom stereocenters. The van der Waals surface area contributed by atoms with Crippen molar-refractivity contribution < 1.29 is 28.9 Å². The standard InChI is InChI=1S/C13H10O3.C9H10O3/c14-13(15-11-7-3-1-4-8-11)16-12-9-5-2-6-10-12;1-2-12-9(11)7-5-3-4-6-8(7)10/h1-10H;3-6,10H,2H2,1H3. The van der Waals surface area contributed by atoms with Gasteiger partial charge < -0.3 is 19.3 Å². The summed E-state index contributed by atoms with van der Waals surface area (Å²) in [4.78, 5) is 22.4. The third-order valence-corrected chi connectivity index (χ3v) is 3.29. The van der Waals surface area contributed by atoms with Crippen LogP contribution in [0.2, 0.25) is 0 Å². The molecule has 0 aromatic heterocycles. The van der Waals surface area contributed by atoms with Gasteiger partial charge in [-0.15, -0.1) is 0 Å². The Kier molecular flexibility index (Phi) is 8.08. The molecule has 0 fully saturated rings. The zero-order chi connectivity index (χ0) is 20.2. The Hall–Kier alpha value is -3.80. The summed E-state index contributed by atoms with van der Waals surface area (Å²) in [5.74, 6) is 0.387. The van der Waals surface area contributed by atoms with Crippen LogP contribution in [0.25, 0.3) is 0 Å². The molecule has 0 aliphatic carbocycles. The van der Waals surface area contributed by atoms with E-state index in [1.165, 1.54) is 12.1 Å². The first-order valence-corrected chi connectivity index (χ1v) is 8.55. The van der Waals surface area contributed by atoms with Crippen molar-refractivity contribution in [2.75, 3.05) is 6.61 Å². The van der Waals surface area contributed by atoms with Crippen molar-refractivity contribution >= 4 is 12.1 Å². The molecule has 6 nitrogen and oxygen atoms in total. The molecule has 0 aliphatic rings. The molecule has 0 saturated heterocycles. The van der Waals surface area contributed by atoms with Gasteiger partial charge in [0, 0.05) is 0 Å². The van der Waals surface area contributed by atoms with Crippen molar-refractivity contribution in [2.24, 2.45) is 0 Å². The van der Waals surface area contributed by atoms with E-state index in [-0.39, 0.29) is 11.3 Å². The van der Waals surface area contributed by atoms with Gasteiger partial charge in [-0.1, -0.05) is 48.5 Å². The van der Waals surface area contributed by atoms with Crippen molar-refractivity contribution in [1.29, 1.82) is 0 Å². The zero-order valence-corrected chi connectivity index (χ0v) is 15.3. The Morgan fingerprint density at radius 3 is 1.68 bits per heavy atom. The summed E-state index contributed by atoms with van der Waals surface area (Å²) in [7, 11) is 0. The van der Waals surface area contributed by atoms with Crippen LogP contribution in [0.5, 0.6) is 17.2 Å². The van der Waals surface area contributed by atoms with E-state index in [1.807, 2.05) is 12.1 Å². The molecule has 3 rings (SSSR count). The molecule has 6 heteroatoms. The van der Waals surface area contributed by atoms with Crippen molar-refractivity contribution in [3.8, 4) is 17.2 Å². The van der Waals surface area contributed by atoms with Gasteiger partial charge in [-0.3, -0.25) is 0 Å². The number of esters is 1. The van der Waals surface area contributed by atoms with E-state index >= 15 is 0 Å². The highest BCUT2D eigenvalue weighted by Gasteiger charge is 2.09. The van der Waals surface area contributed by atoms with Crippen LogP contribution >= 0.6 is 0 Å². The fourth-order valence-corrected chi connectivity index (χ4v) is 2.05. The number of hydrogen-bond donors (Lipinski definition) is 1. The molecule has 3 aromatic rings. The van der Waals surface area contributed by atoms with E-state index in [0.717, 1.165) is 0 Å². The first kappa shape index (κ1) is 20.5. The van der Waals surface area contributed by atoms with Crippen molar-refractivity contribution in [2.45, 2.75) is 6.92 Å². The minimum atomic E-state index is -0.739. The Morgan fingerprint density at radius 1 is 0.750 bits per heavy atom. The molecule has 1 N–H and O–H groups in total. The second-order valence-electron chi connectivity index (χ2n) is 5.32. The largest absolute Gasteiger partial charge is 0.519 e. The minimum Gasteiger partial charge on any atom is -0.507 e. The smallest absolute Gasteiger partial charge is 0.507 e. The molecular weight excluding hydrogens is 360 g/mol. The van der Waals surface area contributed by atoms with Crippen LogP contribution in [-0.4, -0.2) is 23.8 Å². The van der Waals surface area contributed by atoms with Crippen molar-refractivity contribution in [1.82, 2.24) is 0 Å². The SMILES string of the molecule is CCOC(=O)c1ccccc1O.O=C(Oc1ccccc1)Oc1ccccc1. The van der Waals surface area contributed by atoms with Crippen LogP contribution in [0.4, 0.5) is 4.79 Å². The number of phenolic OH excluding ortho intramolecular Hbond substituents is 1. The quantitative estimate of drug-likeness (QED) is 0.515. The van der Waals surface area contributed by atoms with E-state index in [4.69, 9.17) is 14.2 Å². The van der Waals surface area contributed by atoms with Gasteiger partial charge in [-0.05, 0) is 43.3 Å². The normalized spacial score (nSPS) is 9.46. The molecule has 0 amide bonds. The van der Waals surface area contributed by atoms with Crippen molar-refractivity contribution in [3.05, 3.63) is 90.5 Å². The highest BCUT2D eigenvalue weighted by Crippen LogP contribution is 2.16. The van der Waals surface area contributed by atoms with Gasteiger partial charge in [-0.2, -0.15) is 0 Å². The van der Waals surface area contributed by atoms with Gasteiger partial charge in [0.1, 0.15) is 22.8 Å². The van der Waals surface area contributed by atoms with Gasteiger partial charge in [0.05, 0.1) is 6.61 Å². The van der Waals surface area contributed by atoms with Crippen LogP contribution in [-0.2, 0) is 4.74 Å². The summed E-state index contributed by atoms with van der Waals surface area (Å²) in [5, 5.41) is 9.21. The predicted octanol–water partition coefficient (Wildman–Crippen LogP) is 4.83. The number of aromatic hydroxyl groups is 1. The Labute approximate surface area is 162 Å². The lowest BCUT2D eigenvalue weighted by Gasteiger charge is -2.04. The predicted molar refractivity (Wildman–Crippen MR) is 104 cm³/mol. The molecule has 0 saturated carbocycles. The third-order valence-electron chi connectivity index (χ3n) is 3.29. The van der Waals surface area contributed by atoms with Crippen LogP contribution in [0.1, 0.15) is 17.3 Å². The molecule has 0 radical (unpaired) electrons. The average Bonchev–Trinajstić information content (AvgIpc) is 2.70. The summed E-state index contributed by atoms with van der Waals surface area (Å²) in [6.45, 7) is 2.03. The first-order chi connectivity index (χ1) is 13.6. The number of para-hydroxylation sites is 3. The van der Waals surface area contributed by atoms with Crippen LogP contribution in [0, 0.1) is 0 Å². The number of carbonyl (C=O) groups is 2. The first-order valence-electron chi connectivity index (χ1n) is 8.55. The summed E-state index contributed by atoms with van der Waals surface area (Å²) >= 11 is 0. The fourth-order valence-electron chi connectivity index (χ4n) is 2.05. The van der Waals surface area contributed by atoms with E-state index in [0.29, 0.717) is 18.1 Å².